The van der Waals surface area contributed by atoms with Crippen LogP contribution in [0.3, 0.4) is 0 Å². The van der Waals surface area contributed by atoms with Gasteiger partial charge >= 0.3 is 5.97 Å². The lowest BCUT2D eigenvalue weighted by molar-refractivity contribution is -0.152. The van der Waals surface area contributed by atoms with Crippen LogP contribution < -0.4 is 0 Å². The Morgan fingerprint density at radius 2 is 2.14 bits per heavy atom. The highest BCUT2D eigenvalue weighted by Gasteiger charge is 2.39. The van der Waals surface area contributed by atoms with Crippen molar-refractivity contribution in [2.75, 3.05) is 20.2 Å². The minimum atomic E-state index is -0.516. The van der Waals surface area contributed by atoms with Crippen LogP contribution in [-0.2, 0) is 9.53 Å². The zero-order valence-corrected chi connectivity index (χ0v) is 8.48. The van der Waals surface area contributed by atoms with Crippen molar-refractivity contribution in [3.8, 4) is 0 Å². The molecule has 0 amide bonds. The summed E-state index contributed by atoms with van der Waals surface area (Å²) in [4.78, 5) is 13.7. The lowest BCUT2D eigenvalue weighted by atomic mass is 9.95. The maximum Gasteiger partial charge on any atom is 0.312 e. The normalized spacial score (nSPS) is 34.1. The van der Waals surface area contributed by atoms with Crippen LogP contribution in [0.25, 0.3) is 0 Å². The highest BCUT2D eigenvalue weighted by atomic mass is 16.5. The fraction of sp³-hybridized carbons (Fsp3) is 0.900. The Morgan fingerprint density at radius 1 is 1.43 bits per heavy atom. The first kappa shape index (κ1) is 9.93. The second kappa shape index (κ2) is 3.87. The molecule has 0 unspecified atom stereocenters. The first-order valence-electron chi connectivity index (χ1n) is 5.22. The fourth-order valence-electron chi connectivity index (χ4n) is 2.12. The van der Waals surface area contributed by atoms with E-state index in [1.54, 1.807) is 0 Å². The van der Waals surface area contributed by atoms with Gasteiger partial charge in [-0.25, -0.2) is 0 Å². The molecule has 0 bridgehead atoms. The molecule has 0 radical (unpaired) electrons. The van der Waals surface area contributed by atoms with Gasteiger partial charge in [-0.1, -0.05) is 0 Å². The monoisotopic (exact) mass is 199 g/mol. The Balaban J connectivity index is 1.95. The van der Waals surface area contributed by atoms with Crippen LogP contribution in [0.2, 0.25) is 0 Å². The average Bonchev–Trinajstić information content (AvgIpc) is 3.01. The number of hydrogen-bond donors (Lipinski definition) is 1. The highest BCUT2D eigenvalue weighted by Crippen LogP contribution is 2.31. The maximum atomic E-state index is 11.4. The molecule has 0 aromatic heterocycles. The number of ether oxygens (including phenoxy) is 1. The summed E-state index contributed by atoms with van der Waals surface area (Å²) in [7, 11) is 1.38. The van der Waals surface area contributed by atoms with Crippen LogP contribution in [0, 0.1) is 5.92 Å². The van der Waals surface area contributed by atoms with Crippen LogP contribution in [0.4, 0.5) is 0 Å². The number of carbonyl (C=O) groups is 1. The average molecular weight is 199 g/mol. The number of aliphatic hydroxyl groups is 1. The number of likely N-dealkylation sites (tertiary alicyclic amines) is 1. The lowest BCUT2D eigenvalue weighted by Gasteiger charge is -2.34. The number of methoxy groups -OCH3 is 1. The fourth-order valence-corrected chi connectivity index (χ4v) is 2.12. The molecular weight excluding hydrogens is 182 g/mol. The molecule has 0 spiro atoms. The second-order valence-corrected chi connectivity index (χ2v) is 4.21. The number of rotatable bonds is 2. The zero-order valence-electron chi connectivity index (χ0n) is 8.48. The van der Waals surface area contributed by atoms with Gasteiger partial charge in [0.2, 0.25) is 0 Å². The van der Waals surface area contributed by atoms with E-state index in [0.29, 0.717) is 19.0 Å². The Labute approximate surface area is 83.8 Å². The third-order valence-electron chi connectivity index (χ3n) is 3.17. The number of nitrogens with zero attached hydrogens (tertiary/aromatic N) is 1. The number of carbonyl (C=O) groups excluding carboxylic acids is 1. The van der Waals surface area contributed by atoms with E-state index in [2.05, 4.69) is 9.64 Å². The van der Waals surface area contributed by atoms with E-state index < -0.39 is 6.10 Å². The van der Waals surface area contributed by atoms with E-state index in [9.17, 15) is 9.90 Å². The molecule has 1 aliphatic heterocycles. The Kier molecular flexibility index (Phi) is 2.74. The SMILES string of the molecule is COC(=O)[C@H]1CN(C2CC2)CC[C@@H]1O. The van der Waals surface area contributed by atoms with Gasteiger partial charge < -0.3 is 9.84 Å². The van der Waals surface area contributed by atoms with Gasteiger partial charge in [0.05, 0.1) is 19.1 Å². The molecule has 0 aromatic rings. The Morgan fingerprint density at radius 3 is 2.71 bits per heavy atom. The van der Waals surface area contributed by atoms with Gasteiger partial charge in [-0.15, -0.1) is 0 Å². The van der Waals surface area contributed by atoms with Gasteiger partial charge in [-0.3, -0.25) is 9.69 Å². The van der Waals surface area contributed by atoms with Crippen LogP contribution in [0.1, 0.15) is 19.3 Å². The summed E-state index contributed by atoms with van der Waals surface area (Å²) in [6.45, 7) is 1.58. The molecular formula is C10H17NO3. The maximum absolute atomic E-state index is 11.4. The molecule has 80 valence electrons. The Bertz CT molecular complexity index is 227. The summed E-state index contributed by atoms with van der Waals surface area (Å²) in [6, 6.07) is 0.662. The van der Waals surface area contributed by atoms with E-state index in [1.165, 1.54) is 20.0 Å². The van der Waals surface area contributed by atoms with Crippen LogP contribution in [-0.4, -0.2) is 48.3 Å². The molecule has 1 aliphatic carbocycles. The van der Waals surface area contributed by atoms with Gasteiger partial charge in [0.15, 0.2) is 0 Å². The van der Waals surface area contributed by atoms with Crippen LogP contribution in [0.15, 0.2) is 0 Å². The predicted octanol–water partition coefficient (Wildman–Crippen LogP) is 0.00460. The lowest BCUT2D eigenvalue weighted by Crippen LogP contribution is -2.47. The topological polar surface area (TPSA) is 49.8 Å². The van der Waals surface area contributed by atoms with Crippen molar-refractivity contribution in [1.29, 1.82) is 0 Å². The second-order valence-electron chi connectivity index (χ2n) is 4.21. The van der Waals surface area contributed by atoms with Crippen LogP contribution >= 0.6 is 0 Å². The van der Waals surface area contributed by atoms with Crippen LogP contribution in [0.5, 0.6) is 0 Å². The number of piperidine rings is 1. The van der Waals surface area contributed by atoms with Crippen molar-refractivity contribution in [1.82, 2.24) is 4.90 Å². The first-order valence-corrected chi connectivity index (χ1v) is 5.22. The van der Waals surface area contributed by atoms with Gasteiger partial charge in [0, 0.05) is 19.1 Å². The summed E-state index contributed by atoms with van der Waals surface area (Å²) < 4.78 is 4.68. The van der Waals surface area contributed by atoms with Crippen molar-refractivity contribution in [3.63, 3.8) is 0 Å². The summed E-state index contributed by atoms with van der Waals surface area (Å²) in [5, 5.41) is 9.66. The molecule has 1 N–H and O–H groups in total. The molecule has 1 saturated carbocycles. The third-order valence-corrected chi connectivity index (χ3v) is 3.17. The zero-order chi connectivity index (χ0) is 10.1. The van der Waals surface area contributed by atoms with Crippen molar-refractivity contribution in [3.05, 3.63) is 0 Å². The number of hydrogen-bond acceptors (Lipinski definition) is 4. The molecule has 14 heavy (non-hydrogen) atoms. The van der Waals surface area contributed by atoms with Crippen molar-refractivity contribution in [2.45, 2.75) is 31.4 Å². The standard InChI is InChI=1S/C10H17NO3/c1-14-10(13)8-6-11(7-2-3-7)5-4-9(8)12/h7-9,12H,2-6H2,1H3/t8-,9-/m0/s1. The highest BCUT2D eigenvalue weighted by molar-refractivity contribution is 5.73. The summed E-state index contributed by atoms with van der Waals surface area (Å²) >= 11 is 0. The van der Waals surface area contributed by atoms with Crippen molar-refractivity contribution >= 4 is 5.97 Å². The molecule has 4 heteroatoms. The minimum Gasteiger partial charge on any atom is -0.469 e. The van der Waals surface area contributed by atoms with Gasteiger partial charge in [-0.2, -0.15) is 0 Å². The van der Waals surface area contributed by atoms with E-state index in [1.807, 2.05) is 0 Å². The van der Waals surface area contributed by atoms with E-state index in [4.69, 9.17) is 0 Å². The number of aliphatic hydroxyl groups excluding tert-OH is 1. The smallest absolute Gasteiger partial charge is 0.312 e. The summed E-state index contributed by atoms with van der Waals surface area (Å²) in [5.74, 6) is -0.614. The molecule has 2 fully saturated rings. The predicted molar refractivity (Wildman–Crippen MR) is 50.7 cm³/mol. The summed E-state index contributed by atoms with van der Waals surface area (Å²) in [5.41, 5.74) is 0. The van der Waals surface area contributed by atoms with Crippen molar-refractivity contribution < 1.29 is 14.6 Å². The first-order chi connectivity index (χ1) is 6.72. The molecule has 2 rings (SSSR count). The van der Waals surface area contributed by atoms with E-state index >= 15 is 0 Å². The molecule has 0 aromatic carbocycles. The minimum absolute atomic E-state index is 0.275. The van der Waals surface area contributed by atoms with Gasteiger partial charge in [0.25, 0.3) is 0 Å². The quantitative estimate of drug-likeness (QED) is 0.636. The molecule has 4 nitrogen and oxygen atoms in total. The van der Waals surface area contributed by atoms with E-state index in [0.717, 1.165) is 6.54 Å². The van der Waals surface area contributed by atoms with Crippen molar-refractivity contribution in [2.24, 2.45) is 5.92 Å². The largest absolute Gasteiger partial charge is 0.469 e. The summed E-state index contributed by atoms with van der Waals surface area (Å²) in [6.07, 6.45) is 2.65. The molecule has 2 aliphatic rings. The Hall–Kier alpha value is -0.610. The third kappa shape index (κ3) is 1.91. The van der Waals surface area contributed by atoms with Gasteiger partial charge in [0.1, 0.15) is 0 Å². The number of esters is 1. The van der Waals surface area contributed by atoms with Gasteiger partial charge in [-0.05, 0) is 19.3 Å². The van der Waals surface area contributed by atoms with E-state index in [-0.39, 0.29) is 11.9 Å². The molecule has 1 heterocycles. The molecule has 1 saturated heterocycles. The molecule has 2 atom stereocenters.